The van der Waals surface area contributed by atoms with Gasteiger partial charge in [-0.1, -0.05) is 0 Å². The lowest BCUT2D eigenvalue weighted by atomic mass is 10.7. The zero-order valence-corrected chi connectivity index (χ0v) is 12.6. The van der Waals surface area contributed by atoms with Gasteiger partial charge in [-0.05, 0) is 0 Å². The van der Waals surface area contributed by atoms with Crippen molar-refractivity contribution in [3.63, 3.8) is 0 Å². The van der Waals surface area contributed by atoms with Gasteiger partial charge in [-0.2, -0.15) is 0 Å². The lowest BCUT2D eigenvalue weighted by Crippen LogP contribution is -2.11. The Balaban J connectivity index is 2.99. The Bertz CT molecular complexity index is 153. The zero-order chi connectivity index (χ0) is 12.3. The topological polar surface area (TPSA) is 47.9 Å². The van der Waals surface area contributed by atoms with Crippen LogP contribution in [0.5, 0.6) is 0 Å². The molecule has 100 valence electrons. The maximum absolute atomic E-state index is 8.43. The Kier molecular flexibility index (Phi) is 12.2. The highest BCUT2D eigenvalue weighted by atomic mass is 33.8. The molecule has 0 fully saturated rings. The molecule has 0 saturated carbocycles. The van der Waals surface area contributed by atoms with E-state index in [4.69, 9.17) is 19.3 Å². The third-order valence-electron chi connectivity index (χ3n) is 1.48. The van der Waals surface area contributed by atoms with Gasteiger partial charge in [0.05, 0.1) is 46.2 Å². The molecule has 1 N–H and O–H groups in total. The second kappa shape index (κ2) is 11.3. The summed E-state index contributed by atoms with van der Waals surface area (Å²) in [5.41, 5.74) is 0. The fourth-order valence-electron chi connectivity index (χ4n) is 0.777. The highest BCUT2D eigenvalue weighted by molar-refractivity contribution is 9.40. The molecule has 0 saturated heterocycles. The van der Waals surface area contributed by atoms with Gasteiger partial charge >= 0.3 is 0 Å². The van der Waals surface area contributed by atoms with E-state index in [1.54, 1.807) is 0 Å². The summed E-state index contributed by atoms with van der Waals surface area (Å²) in [4.78, 5) is 0. The number of ether oxygens (including phenoxy) is 3. The van der Waals surface area contributed by atoms with Gasteiger partial charge < -0.3 is 19.3 Å². The summed E-state index contributed by atoms with van der Waals surface area (Å²) in [5, 5.41) is 8.43. The fraction of sp³-hybridized carbons (Fsp3) is 1.00. The van der Waals surface area contributed by atoms with Gasteiger partial charge in [0.25, 0.3) is 0 Å². The molecule has 0 aromatic heterocycles. The van der Waals surface area contributed by atoms with E-state index in [1.807, 2.05) is 0 Å². The summed E-state index contributed by atoms with van der Waals surface area (Å²) >= 11 is 12.6. The summed E-state index contributed by atoms with van der Waals surface area (Å²) in [6.07, 6.45) is 0. The lowest BCUT2D eigenvalue weighted by Gasteiger charge is -2.20. The molecule has 0 bridgehead atoms. The van der Waals surface area contributed by atoms with E-state index in [-0.39, 0.29) is 6.61 Å². The molecule has 0 spiro atoms. The van der Waals surface area contributed by atoms with E-state index in [1.165, 1.54) is 0 Å². The standard InChI is InChI=1S/C8H20O4S4/c9-1-2-10-3-4-11-5-6-12-7-8-16(13,14)15/h9,13-15H,1-8H2. The van der Waals surface area contributed by atoms with Crippen LogP contribution >= 0.6 is 42.1 Å². The zero-order valence-electron chi connectivity index (χ0n) is 9.08. The minimum atomic E-state index is -1.36. The molecule has 16 heavy (non-hydrogen) atoms. The molecule has 0 heterocycles. The molecule has 0 aromatic carbocycles. The SMILES string of the molecule is OCCOCCOCCOCCS(S)(S)S. The summed E-state index contributed by atoms with van der Waals surface area (Å²) in [6.45, 7) is 3.10. The Hall–Kier alpha value is 1.24. The molecule has 8 heteroatoms. The van der Waals surface area contributed by atoms with Crippen molar-refractivity contribution in [2.75, 3.05) is 52.0 Å². The fourth-order valence-corrected chi connectivity index (χ4v) is 1.79. The molecule has 0 aliphatic carbocycles. The second-order valence-corrected chi connectivity index (χ2v) is 12.8. The minimum Gasteiger partial charge on any atom is -0.394 e. The number of aliphatic hydroxyl groups excluding tert-OH is 1. The number of hydrogen-bond donors (Lipinski definition) is 4. The molecule has 0 radical (unpaired) electrons. The van der Waals surface area contributed by atoms with Crippen LogP contribution in [0.4, 0.5) is 0 Å². The maximum Gasteiger partial charge on any atom is 0.0701 e. The Morgan fingerprint density at radius 3 is 1.62 bits per heavy atom. The summed E-state index contributed by atoms with van der Waals surface area (Å²) in [5.74, 6) is 0.738. The minimum absolute atomic E-state index is 0.0460. The van der Waals surface area contributed by atoms with Crippen LogP contribution in [0, 0.1) is 0 Å². The van der Waals surface area contributed by atoms with Crippen LogP contribution in [-0.4, -0.2) is 57.1 Å². The van der Waals surface area contributed by atoms with E-state index in [0.717, 1.165) is 5.75 Å². The number of thiol groups is 3. The molecule has 0 aromatic rings. The molecular weight excluding hydrogens is 288 g/mol. The third kappa shape index (κ3) is 15.2. The first-order valence-electron chi connectivity index (χ1n) is 4.88. The van der Waals surface area contributed by atoms with Gasteiger partial charge in [0, 0.05) is 5.75 Å². The van der Waals surface area contributed by atoms with E-state index in [2.05, 4.69) is 35.0 Å². The first-order valence-corrected chi connectivity index (χ1v) is 9.84. The predicted molar refractivity (Wildman–Crippen MR) is 79.0 cm³/mol. The van der Waals surface area contributed by atoms with Crippen LogP contribution in [0.25, 0.3) is 0 Å². The van der Waals surface area contributed by atoms with Crippen molar-refractivity contribution in [2.45, 2.75) is 0 Å². The molecule has 0 unspecified atom stereocenters. The van der Waals surface area contributed by atoms with Crippen LogP contribution in [0.2, 0.25) is 0 Å². The van der Waals surface area contributed by atoms with Crippen molar-refractivity contribution in [1.82, 2.24) is 0 Å². The van der Waals surface area contributed by atoms with Crippen molar-refractivity contribution >= 4 is 42.1 Å². The number of aliphatic hydroxyl groups is 1. The van der Waals surface area contributed by atoms with Crippen LogP contribution in [0.3, 0.4) is 0 Å². The highest BCUT2D eigenvalue weighted by Gasteiger charge is 2.06. The van der Waals surface area contributed by atoms with Crippen molar-refractivity contribution in [1.29, 1.82) is 0 Å². The van der Waals surface area contributed by atoms with E-state index >= 15 is 0 Å². The predicted octanol–water partition coefficient (Wildman–Crippen LogP) is 1.37. The quantitative estimate of drug-likeness (QED) is 0.264. The molecule has 0 aliphatic rings. The van der Waals surface area contributed by atoms with Gasteiger partial charge in [-0.25, -0.2) is 0 Å². The molecular formula is C8H20O4S4. The highest BCUT2D eigenvalue weighted by Crippen LogP contribution is 2.61. The van der Waals surface area contributed by atoms with Crippen LogP contribution < -0.4 is 0 Å². The number of rotatable bonds is 11. The van der Waals surface area contributed by atoms with Crippen LogP contribution in [0.15, 0.2) is 0 Å². The van der Waals surface area contributed by atoms with Gasteiger partial charge in [-0.15, -0.1) is 42.1 Å². The normalized spacial score (nSPS) is 13.0. The largest absolute Gasteiger partial charge is 0.394 e. The van der Waals surface area contributed by atoms with Gasteiger partial charge in [0.15, 0.2) is 0 Å². The summed E-state index contributed by atoms with van der Waals surface area (Å²) in [7, 11) is -1.36. The van der Waals surface area contributed by atoms with E-state index < -0.39 is 7.12 Å². The Labute approximate surface area is 113 Å². The van der Waals surface area contributed by atoms with Gasteiger partial charge in [0.1, 0.15) is 0 Å². The Morgan fingerprint density at radius 1 is 0.750 bits per heavy atom. The molecule has 0 atom stereocenters. The van der Waals surface area contributed by atoms with Crippen LogP contribution in [0.1, 0.15) is 0 Å². The first kappa shape index (κ1) is 17.2. The van der Waals surface area contributed by atoms with Crippen molar-refractivity contribution in [3.8, 4) is 0 Å². The van der Waals surface area contributed by atoms with Gasteiger partial charge in [-0.3, -0.25) is 0 Å². The first-order chi connectivity index (χ1) is 7.56. The smallest absolute Gasteiger partial charge is 0.0701 e. The molecule has 0 amide bonds. The maximum atomic E-state index is 8.43. The third-order valence-corrected chi connectivity index (χ3v) is 3.84. The molecule has 0 aliphatic heterocycles. The average Bonchev–Trinajstić information content (AvgIpc) is 2.19. The molecule has 0 rings (SSSR count). The molecule has 4 nitrogen and oxygen atoms in total. The van der Waals surface area contributed by atoms with Crippen molar-refractivity contribution in [2.24, 2.45) is 0 Å². The summed E-state index contributed by atoms with van der Waals surface area (Å²) in [6, 6.07) is 0. The van der Waals surface area contributed by atoms with Crippen molar-refractivity contribution < 1.29 is 19.3 Å². The van der Waals surface area contributed by atoms with Crippen LogP contribution in [-0.2, 0) is 14.2 Å². The summed E-state index contributed by atoms with van der Waals surface area (Å²) < 4.78 is 15.5. The van der Waals surface area contributed by atoms with Crippen molar-refractivity contribution in [3.05, 3.63) is 0 Å². The Morgan fingerprint density at radius 2 is 1.19 bits per heavy atom. The van der Waals surface area contributed by atoms with E-state index in [9.17, 15) is 0 Å². The monoisotopic (exact) mass is 308 g/mol. The lowest BCUT2D eigenvalue weighted by molar-refractivity contribution is 0.0100. The van der Waals surface area contributed by atoms with Gasteiger partial charge in [0.2, 0.25) is 0 Å². The van der Waals surface area contributed by atoms with E-state index in [0.29, 0.717) is 39.6 Å². The second-order valence-electron chi connectivity index (χ2n) is 2.90. The average molecular weight is 309 g/mol. The number of hydrogen-bond acceptors (Lipinski definition) is 7.